The molecule has 7 heteroatoms. The molecule has 23 heavy (non-hydrogen) atoms. The van der Waals surface area contributed by atoms with Crippen molar-refractivity contribution in [2.45, 2.75) is 23.8 Å². The Balaban J connectivity index is 1.68. The zero-order chi connectivity index (χ0) is 16.3. The number of carbonyl (C=O) groups excluding carboxylic acids is 1. The summed E-state index contributed by atoms with van der Waals surface area (Å²) in [6.07, 6.45) is 3.20. The van der Waals surface area contributed by atoms with E-state index in [0.717, 1.165) is 12.8 Å². The van der Waals surface area contributed by atoms with Gasteiger partial charge >= 0.3 is 0 Å². The minimum atomic E-state index is -3.56. The number of aromatic amines is 1. The summed E-state index contributed by atoms with van der Waals surface area (Å²) >= 11 is 0. The fourth-order valence-electron chi connectivity index (χ4n) is 2.78. The van der Waals surface area contributed by atoms with Crippen LogP contribution in [-0.4, -0.2) is 43.3 Å². The molecular formula is C16H19N3O3S. The molecule has 1 aliphatic heterocycles. The molecule has 1 aliphatic rings. The van der Waals surface area contributed by atoms with Crippen LogP contribution < -0.4 is 4.72 Å². The highest BCUT2D eigenvalue weighted by Crippen LogP contribution is 2.16. The van der Waals surface area contributed by atoms with Gasteiger partial charge in [0.15, 0.2) is 0 Å². The van der Waals surface area contributed by atoms with Crippen LogP contribution in [0.3, 0.4) is 0 Å². The maximum absolute atomic E-state index is 12.4. The number of hydrogen-bond donors (Lipinski definition) is 2. The van der Waals surface area contributed by atoms with Crippen molar-refractivity contribution >= 4 is 15.9 Å². The Hall–Kier alpha value is -2.12. The first kappa shape index (κ1) is 15.8. The van der Waals surface area contributed by atoms with E-state index in [4.69, 9.17) is 0 Å². The molecule has 6 nitrogen and oxygen atoms in total. The average molecular weight is 333 g/mol. The van der Waals surface area contributed by atoms with E-state index >= 15 is 0 Å². The maximum atomic E-state index is 12.4. The molecule has 2 N–H and O–H groups in total. The number of carbonyl (C=O) groups is 1. The summed E-state index contributed by atoms with van der Waals surface area (Å²) in [4.78, 5) is 17.2. The molecule has 0 radical (unpaired) electrons. The maximum Gasteiger partial charge on any atom is 0.270 e. The van der Waals surface area contributed by atoms with Gasteiger partial charge in [-0.3, -0.25) is 4.79 Å². The second kappa shape index (κ2) is 6.55. The number of benzene rings is 1. The zero-order valence-electron chi connectivity index (χ0n) is 12.6. The predicted molar refractivity (Wildman–Crippen MR) is 86.5 cm³/mol. The number of hydrogen-bond acceptors (Lipinski definition) is 3. The van der Waals surface area contributed by atoms with E-state index in [-0.39, 0.29) is 16.8 Å². The number of sulfonamides is 1. The standard InChI is InChI=1S/C16H19N3O3S/c20-16(15-9-4-10-17-15)19-11-5-6-13(12-19)18-23(21,22)14-7-2-1-3-8-14/h1-4,7-10,13,17-18H,5-6,11-12H2/t13-/m0/s1. The van der Waals surface area contributed by atoms with Crippen LogP contribution in [0.4, 0.5) is 0 Å². The van der Waals surface area contributed by atoms with Crippen LogP contribution in [0.2, 0.25) is 0 Å². The van der Waals surface area contributed by atoms with Gasteiger partial charge in [0.25, 0.3) is 5.91 Å². The van der Waals surface area contributed by atoms with Gasteiger partial charge in [0.2, 0.25) is 10.0 Å². The SMILES string of the molecule is O=C(c1ccc[nH]1)N1CCC[C@H](NS(=O)(=O)c2ccccc2)C1. The molecule has 122 valence electrons. The number of likely N-dealkylation sites (tertiary alicyclic amines) is 1. The first-order chi connectivity index (χ1) is 11.1. The number of amides is 1. The van der Waals surface area contributed by atoms with E-state index in [1.165, 1.54) is 0 Å². The highest BCUT2D eigenvalue weighted by atomic mass is 32.2. The van der Waals surface area contributed by atoms with Crippen molar-refractivity contribution in [2.24, 2.45) is 0 Å². The first-order valence-electron chi connectivity index (χ1n) is 7.56. The molecule has 2 aromatic rings. The summed E-state index contributed by atoms with van der Waals surface area (Å²) in [5.41, 5.74) is 0.525. The molecular weight excluding hydrogens is 314 g/mol. The fraction of sp³-hybridized carbons (Fsp3) is 0.312. The van der Waals surface area contributed by atoms with Crippen LogP contribution in [0.1, 0.15) is 23.3 Å². The van der Waals surface area contributed by atoms with Gasteiger partial charge in [0.1, 0.15) is 5.69 Å². The Labute approximate surface area is 135 Å². The van der Waals surface area contributed by atoms with E-state index in [2.05, 4.69) is 9.71 Å². The van der Waals surface area contributed by atoms with Gasteiger partial charge in [0, 0.05) is 25.3 Å². The van der Waals surface area contributed by atoms with Crippen LogP contribution in [0, 0.1) is 0 Å². The van der Waals surface area contributed by atoms with Crippen molar-refractivity contribution in [1.82, 2.24) is 14.6 Å². The normalized spacial score (nSPS) is 18.8. The molecule has 0 bridgehead atoms. The van der Waals surface area contributed by atoms with Crippen molar-refractivity contribution in [3.63, 3.8) is 0 Å². The van der Waals surface area contributed by atoms with Crippen LogP contribution >= 0.6 is 0 Å². The lowest BCUT2D eigenvalue weighted by atomic mass is 10.1. The number of nitrogens with zero attached hydrogens (tertiary/aromatic N) is 1. The summed E-state index contributed by atoms with van der Waals surface area (Å²) in [5.74, 6) is -0.0985. The Morgan fingerprint density at radius 1 is 1.17 bits per heavy atom. The predicted octanol–water partition coefficient (Wildman–Crippen LogP) is 1.60. The van der Waals surface area contributed by atoms with Gasteiger partial charge < -0.3 is 9.88 Å². The van der Waals surface area contributed by atoms with Crippen LogP contribution in [0.15, 0.2) is 53.6 Å². The molecule has 0 saturated carbocycles. The molecule has 1 fully saturated rings. The summed E-state index contributed by atoms with van der Waals surface area (Å²) in [6, 6.07) is 11.5. The Kier molecular flexibility index (Phi) is 4.49. The molecule has 1 aromatic carbocycles. The van der Waals surface area contributed by atoms with Gasteiger partial charge in [-0.25, -0.2) is 13.1 Å². The zero-order valence-corrected chi connectivity index (χ0v) is 13.4. The summed E-state index contributed by atoms with van der Waals surface area (Å²) in [6.45, 7) is 1.02. The molecule has 3 rings (SSSR count). The second-order valence-corrected chi connectivity index (χ2v) is 7.32. The van der Waals surface area contributed by atoms with Crippen molar-refractivity contribution < 1.29 is 13.2 Å². The third-order valence-electron chi connectivity index (χ3n) is 3.91. The Morgan fingerprint density at radius 3 is 2.65 bits per heavy atom. The number of H-pyrrole nitrogens is 1. The van der Waals surface area contributed by atoms with Crippen LogP contribution in [0.5, 0.6) is 0 Å². The molecule has 1 atom stereocenters. The number of aromatic nitrogens is 1. The van der Waals surface area contributed by atoms with E-state index in [9.17, 15) is 13.2 Å². The lowest BCUT2D eigenvalue weighted by Gasteiger charge is -2.32. The molecule has 0 spiro atoms. The van der Waals surface area contributed by atoms with Crippen LogP contribution in [0.25, 0.3) is 0 Å². The highest BCUT2D eigenvalue weighted by Gasteiger charge is 2.28. The highest BCUT2D eigenvalue weighted by molar-refractivity contribution is 7.89. The lowest BCUT2D eigenvalue weighted by Crippen LogP contribution is -2.49. The lowest BCUT2D eigenvalue weighted by molar-refractivity contribution is 0.0698. The minimum absolute atomic E-state index is 0.0985. The fourth-order valence-corrected chi connectivity index (χ4v) is 4.06. The molecule has 0 unspecified atom stereocenters. The van der Waals surface area contributed by atoms with E-state index < -0.39 is 10.0 Å². The van der Waals surface area contributed by atoms with Crippen LogP contribution in [-0.2, 0) is 10.0 Å². The van der Waals surface area contributed by atoms with E-state index in [1.807, 2.05) is 0 Å². The number of nitrogens with one attached hydrogen (secondary N) is 2. The van der Waals surface area contributed by atoms with E-state index in [1.54, 1.807) is 53.6 Å². The molecule has 0 aliphatic carbocycles. The van der Waals surface area contributed by atoms with Crippen molar-refractivity contribution in [1.29, 1.82) is 0 Å². The molecule has 1 aromatic heterocycles. The molecule has 1 saturated heterocycles. The van der Waals surface area contributed by atoms with Gasteiger partial charge in [-0.1, -0.05) is 18.2 Å². The third-order valence-corrected chi connectivity index (χ3v) is 5.45. The van der Waals surface area contributed by atoms with E-state index in [0.29, 0.717) is 18.8 Å². The van der Waals surface area contributed by atoms with Gasteiger partial charge in [-0.15, -0.1) is 0 Å². The number of piperidine rings is 1. The summed E-state index contributed by atoms with van der Waals surface area (Å²) in [5, 5.41) is 0. The number of rotatable bonds is 4. The monoisotopic (exact) mass is 333 g/mol. The van der Waals surface area contributed by atoms with Gasteiger partial charge in [-0.2, -0.15) is 0 Å². The van der Waals surface area contributed by atoms with Gasteiger partial charge in [0.05, 0.1) is 4.90 Å². The smallest absolute Gasteiger partial charge is 0.270 e. The first-order valence-corrected chi connectivity index (χ1v) is 9.04. The largest absolute Gasteiger partial charge is 0.357 e. The molecule has 2 heterocycles. The van der Waals surface area contributed by atoms with Crippen molar-refractivity contribution in [2.75, 3.05) is 13.1 Å². The topological polar surface area (TPSA) is 82.3 Å². The Bertz CT molecular complexity index is 757. The average Bonchev–Trinajstić information content (AvgIpc) is 3.09. The Morgan fingerprint density at radius 2 is 1.96 bits per heavy atom. The summed E-state index contributed by atoms with van der Waals surface area (Å²) in [7, 11) is -3.56. The quantitative estimate of drug-likeness (QED) is 0.891. The molecule has 1 amide bonds. The second-order valence-electron chi connectivity index (χ2n) is 5.61. The summed E-state index contributed by atoms with van der Waals surface area (Å²) < 4.78 is 27.5. The minimum Gasteiger partial charge on any atom is -0.357 e. The van der Waals surface area contributed by atoms with Crippen molar-refractivity contribution in [3.05, 3.63) is 54.4 Å². The van der Waals surface area contributed by atoms with Gasteiger partial charge in [-0.05, 0) is 37.1 Å². The van der Waals surface area contributed by atoms with Crippen molar-refractivity contribution in [3.8, 4) is 0 Å². The third kappa shape index (κ3) is 3.62.